The van der Waals surface area contributed by atoms with E-state index in [0.29, 0.717) is 44.7 Å². The summed E-state index contributed by atoms with van der Waals surface area (Å²) in [6.07, 6.45) is 9.64. The molecular weight excluding hydrogens is 664 g/mol. The molecule has 2 bridgehead atoms. The van der Waals surface area contributed by atoms with E-state index in [1.54, 1.807) is 18.2 Å². The number of ether oxygens (including phenoxy) is 3. The molecule has 2 heterocycles. The van der Waals surface area contributed by atoms with Crippen molar-refractivity contribution in [2.24, 2.45) is 11.8 Å². The zero-order chi connectivity index (χ0) is 35.0. The van der Waals surface area contributed by atoms with Crippen molar-refractivity contribution in [3.63, 3.8) is 0 Å². The maximum absolute atomic E-state index is 13.5. The minimum absolute atomic E-state index is 0.143. The molecule has 266 valence electrons. The van der Waals surface area contributed by atoms with Gasteiger partial charge < -0.3 is 19.1 Å². The molecule has 4 aliphatic rings. The van der Waals surface area contributed by atoms with Crippen LogP contribution in [-0.2, 0) is 36.1 Å². The summed E-state index contributed by atoms with van der Waals surface area (Å²) in [7, 11) is -3.94. The predicted molar refractivity (Wildman–Crippen MR) is 191 cm³/mol. The van der Waals surface area contributed by atoms with Gasteiger partial charge in [0.1, 0.15) is 18.0 Å². The zero-order valence-corrected chi connectivity index (χ0v) is 30.6. The number of carbonyl (C=O) groups is 2. The minimum atomic E-state index is -3.94. The van der Waals surface area contributed by atoms with Crippen LogP contribution in [0, 0.1) is 11.8 Å². The predicted octanol–water partition coefficient (Wildman–Crippen LogP) is 6.75. The number of sulfonamides is 1. The first-order valence-electron chi connectivity index (χ1n) is 17.6. The lowest BCUT2D eigenvalue weighted by atomic mass is 9.68. The van der Waals surface area contributed by atoms with E-state index in [9.17, 15) is 18.0 Å². The molecule has 2 aromatic carbocycles. The summed E-state index contributed by atoms with van der Waals surface area (Å²) in [6.45, 7) is 8.97. The fraction of sp³-hybridized carbons (Fsp3) is 0.579. The topological polar surface area (TPSA) is 111 Å². The van der Waals surface area contributed by atoms with Crippen LogP contribution in [0.25, 0.3) is 0 Å². The zero-order valence-electron chi connectivity index (χ0n) is 29.0. The molecule has 2 aliphatic carbocycles. The maximum Gasteiger partial charge on any atom is 0.332 e. The van der Waals surface area contributed by atoms with Crippen LogP contribution in [0.15, 0.2) is 48.6 Å². The Morgan fingerprint density at radius 1 is 1.14 bits per heavy atom. The van der Waals surface area contributed by atoms with Crippen molar-refractivity contribution < 1.29 is 32.2 Å². The third-order valence-corrected chi connectivity index (χ3v) is 12.7. The number of hydrogen-bond donors (Lipinski definition) is 1. The molecule has 1 N–H and O–H groups in total. The smallest absolute Gasteiger partial charge is 0.332 e. The van der Waals surface area contributed by atoms with Crippen molar-refractivity contribution in [1.29, 1.82) is 0 Å². The van der Waals surface area contributed by atoms with Crippen LogP contribution in [0.4, 0.5) is 5.69 Å². The SMILES string of the molecule is CC[C@@H]1CC/C=C\[C@H](OCC(=O)OC(C)(C)C)[C@@H]2CC[C@H]2CN2C[C@@]3(CCCc4cc(Cl)ccc43)COc3ccc(cc32)C(=O)NS1(=O)=O. The Kier molecular flexibility index (Phi) is 10.4. The van der Waals surface area contributed by atoms with Crippen molar-refractivity contribution in [3.8, 4) is 5.75 Å². The van der Waals surface area contributed by atoms with Gasteiger partial charge in [0.2, 0.25) is 10.0 Å². The maximum atomic E-state index is 13.5. The molecular formula is C38H49ClN2O7S. The third-order valence-electron chi connectivity index (χ3n) is 10.6. The Morgan fingerprint density at radius 2 is 1.96 bits per heavy atom. The van der Waals surface area contributed by atoms with Crippen LogP contribution in [0.2, 0.25) is 5.02 Å². The number of aryl methyl sites for hydroxylation is 1. The number of amides is 1. The van der Waals surface area contributed by atoms with Crippen LogP contribution < -0.4 is 14.4 Å². The molecule has 1 spiro atoms. The molecule has 0 saturated heterocycles. The molecule has 2 aromatic rings. The van der Waals surface area contributed by atoms with Crippen molar-refractivity contribution >= 4 is 39.2 Å². The van der Waals surface area contributed by atoms with Gasteiger partial charge in [0.15, 0.2) is 0 Å². The summed E-state index contributed by atoms with van der Waals surface area (Å²) in [5, 5.41) is -0.0238. The number of allylic oxidation sites excluding steroid dienone is 1. The number of carbonyl (C=O) groups excluding carboxylic acids is 2. The molecule has 1 fully saturated rings. The number of nitrogens with one attached hydrogen (secondary N) is 1. The fourth-order valence-corrected chi connectivity index (χ4v) is 9.63. The van der Waals surface area contributed by atoms with Crippen molar-refractivity contribution in [2.75, 3.05) is 31.2 Å². The highest BCUT2D eigenvalue weighted by molar-refractivity contribution is 7.90. The van der Waals surface area contributed by atoms with Gasteiger partial charge in [-0.1, -0.05) is 36.7 Å². The Labute approximate surface area is 295 Å². The highest BCUT2D eigenvalue weighted by atomic mass is 35.5. The number of fused-ring (bicyclic) bond motifs is 4. The molecule has 1 amide bonds. The van der Waals surface area contributed by atoms with Gasteiger partial charge in [-0.2, -0.15) is 0 Å². The number of rotatable bonds is 4. The summed E-state index contributed by atoms with van der Waals surface area (Å²) in [6, 6.07) is 11.4. The molecule has 2 aliphatic heterocycles. The molecule has 0 aromatic heterocycles. The lowest BCUT2D eigenvalue weighted by Crippen LogP contribution is -2.50. The second-order valence-corrected chi connectivity index (χ2v) is 17.6. The molecule has 49 heavy (non-hydrogen) atoms. The highest BCUT2D eigenvalue weighted by Crippen LogP contribution is 2.47. The molecule has 6 rings (SSSR count). The van der Waals surface area contributed by atoms with Gasteiger partial charge in [0, 0.05) is 29.1 Å². The van der Waals surface area contributed by atoms with E-state index in [0.717, 1.165) is 42.8 Å². The van der Waals surface area contributed by atoms with E-state index in [1.165, 1.54) is 11.1 Å². The Morgan fingerprint density at radius 3 is 2.69 bits per heavy atom. The summed E-state index contributed by atoms with van der Waals surface area (Å²) < 4.78 is 47.6. The largest absolute Gasteiger partial charge is 0.490 e. The quantitative estimate of drug-likeness (QED) is 0.274. The molecule has 1 saturated carbocycles. The van der Waals surface area contributed by atoms with E-state index in [2.05, 4.69) is 21.8 Å². The molecule has 9 nitrogen and oxygen atoms in total. The number of anilines is 1. The third kappa shape index (κ3) is 7.97. The van der Waals surface area contributed by atoms with E-state index >= 15 is 0 Å². The summed E-state index contributed by atoms with van der Waals surface area (Å²) in [5.41, 5.74) is 2.60. The summed E-state index contributed by atoms with van der Waals surface area (Å²) in [4.78, 5) is 28.5. The molecule has 0 radical (unpaired) electrons. The standard InChI is InChI=1S/C38H49ClN2O7S/c1-5-29-10-6-7-11-33(46-22-35(42)48-37(2,3)4)30-15-12-27(30)21-41-23-38(18-8-9-25-19-28(39)14-16-31(25)38)24-47-34-17-13-26(20-32(34)41)36(43)40-49(29,44)45/h7,11,13-14,16-17,19-20,27,29-30,33H,5-6,8-10,12,15,18,21-24H2,1-4H3,(H,40,43)/b11-7-/t27-,29+,30+,33-,38-/m0/s1. The highest BCUT2D eigenvalue weighted by Gasteiger charge is 2.44. The number of halogens is 1. The van der Waals surface area contributed by atoms with Gasteiger partial charge in [-0.05, 0) is 125 Å². The minimum Gasteiger partial charge on any atom is -0.490 e. The van der Waals surface area contributed by atoms with Crippen LogP contribution in [0.1, 0.15) is 94.1 Å². The number of nitrogens with zero attached hydrogens (tertiary/aromatic N) is 1. The van der Waals surface area contributed by atoms with Crippen LogP contribution in [0.5, 0.6) is 5.75 Å². The molecule has 0 unspecified atom stereocenters. The first-order chi connectivity index (χ1) is 23.3. The van der Waals surface area contributed by atoms with Crippen LogP contribution in [-0.4, -0.2) is 63.6 Å². The Balaban J connectivity index is 1.38. The molecule has 11 heteroatoms. The average Bonchev–Trinajstić information content (AvgIpc) is 3.16. The van der Waals surface area contributed by atoms with Gasteiger partial charge in [0.05, 0.1) is 23.6 Å². The Bertz CT molecular complexity index is 1700. The normalized spacial score (nSPS) is 28.9. The van der Waals surface area contributed by atoms with Crippen molar-refractivity contribution in [2.45, 2.75) is 101 Å². The lowest BCUT2D eigenvalue weighted by molar-refractivity contribution is -0.163. The first-order valence-corrected chi connectivity index (χ1v) is 19.6. The van der Waals surface area contributed by atoms with Gasteiger partial charge in [-0.3, -0.25) is 4.79 Å². The number of benzene rings is 2. The van der Waals surface area contributed by atoms with E-state index in [4.69, 9.17) is 25.8 Å². The Hall–Kier alpha value is -3.08. The second kappa shape index (κ2) is 14.3. The monoisotopic (exact) mass is 712 g/mol. The van der Waals surface area contributed by atoms with Crippen LogP contribution >= 0.6 is 11.6 Å². The van der Waals surface area contributed by atoms with Gasteiger partial charge in [0.25, 0.3) is 5.91 Å². The van der Waals surface area contributed by atoms with Crippen LogP contribution in [0.3, 0.4) is 0 Å². The van der Waals surface area contributed by atoms with Gasteiger partial charge in [-0.15, -0.1) is 0 Å². The van der Waals surface area contributed by atoms with E-state index in [1.807, 2.05) is 45.9 Å². The molecule has 5 atom stereocenters. The fourth-order valence-electron chi connectivity index (χ4n) is 8.01. The summed E-state index contributed by atoms with van der Waals surface area (Å²) in [5.74, 6) is 0.000411. The van der Waals surface area contributed by atoms with E-state index in [-0.39, 0.29) is 35.5 Å². The van der Waals surface area contributed by atoms with Crippen molar-refractivity contribution in [1.82, 2.24) is 4.72 Å². The van der Waals surface area contributed by atoms with Crippen molar-refractivity contribution in [3.05, 3.63) is 70.3 Å². The lowest BCUT2D eigenvalue weighted by Gasteiger charge is -2.46. The average molecular weight is 713 g/mol. The van der Waals surface area contributed by atoms with E-state index < -0.39 is 32.8 Å². The first kappa shape index (κ1) is 35.7. The van der Waals surface area contributed by atoms with Gasteiger partial charge in [-0.25, -0.2) is 17.9 Å². The summed E-state index contributed by atoms with van der Waals surface area (Å²) >= 11 is 6.44. The number of esters is 1. The second-order valence-electron chi connectivity index (χ2n) is 15.2. The number of hydrogen-bond acceptors (Lipinski definition) is 8. The van der Waals surface area contributed by atoms with Gasteiger partial charge >= 0.3 is 5.97 Å².